The molecule has 0 amide bonds. The molecule has 2 aromatic carbocycles. The topological polar surface area (TPSA) is 121 Å². The number of anilines is 1. The summed E-state index contributed by atoms with van der Waals surface area (Å²) >= 11 is 0. The zero-order valence-electron chi connectivity index (χ0n) is 24.1. The van der Waals surface area contributed by atoms with E-state index in [1.54, 1.807) is 24.3 Å². The van der Waals surface area contributed by atoms with E-state index in [0.717, 1.165) is 29.9 Å². The van der Waals surface area contributed by atoms with Gasteiger partial charge in [-0.25, -0.2) is 19.0 Å². The van der Waals surface area contributed by atoms with E-state index in [-0.39, 0.29) is 35.9 Å². The predicted molar refractivity (Wildman–Crippen MR) is 159 cm³/mol. The molecule has 2 atom stereocenters. The van der Waals surface area contributed by atoms with Crippen LogP contribution in [0.3, 0.4) is 0 Å². The van der Waals surface area contributed by atoms with Gasteiger partial charge in [-0.3, -0.25) is 4.90 Å². The van der Waals surface area contributed by atoms with Crippen molar-refractivity contribution in [2.24, 2.45) is 0 Å². The lowest BCUT2D eigenvalue weighted by Crippen LogP contribution is -2.48. The Kier molecular flexibility index (Phi) is 8.11. The number of piperazine rings is 1. The number of imidazole rings is 1. The number of halogens is 1. The van der Waals surface area contributed by atoms with Crippen LogP contribution in [0.15, 0.2) is 48.5 Å². The van der Waals surface area contributed by atoms with Gasteiger partial charge in [0.1, 0.15) is 24.1 Å². The van der Waals surface area contributed by atoms with Crippen molar-refractivity contribution in [3.8, 4) is 11.9 Å². The van der Waals surface area contributed by atoms with E-state index in [1.807, 2.05) is 0 Å². The quantitative estimate of drug-likeness (QED) is 0.268. The van der Waals surface area contributed by atoms with Gasteiger partial charge in [-0.1, -0.05) is 12.1 Å². The normalized spacial score (nSPS) is 17.5. The van der Waals surface area contributed by atoms with Gasteiger partial charge < -0.3 is 24.0 Å². The molecule has 1 N–H and O–H groups in total. The Morgan fingerprint density at radius 3 is 2.66 bits per heavy atom. The number of benzene rings is 2. The van der Waals surface area contributed by atoms with E-state index < -0.39 is 11.8 Å². The summed E-state index contributed by atoms with van der Waals surface area (Å²) in [7, 11) is 0. The zero-order valence-corrected chi connectivity index (χ0v) is 24.1. The van der Waals surface area contributed by atoms with Crippen LogP contribution in [0.25, 0.3) is 15.9 Å². The van der Waals surface area contributed by atoms with Gasteiger partial charge in [0, 0.05) is 44.4 Å². The summed E-state index contributed by atoms with van der Waals surface area (Å²) in [5.41, 5.74) is 2.65. The number of nitrogens with zero attached hydrogens (tertiary/aromatic N) is 7. The molecular weight excluding hydrogens is 565 g/mol. The molecule has 2 fully saturated rings. The standard InChI is InChI=1S/C32H30FN7O4/c1-20(31-36-27-6-4-22(32(41)42)15-28(27)40(31)18-25-7-12-43-25)38-8-10-39(11-9-38)29-13-21(17-34)14-30(37-29)44-19-23-3-5-24(35-2)16-26(23)33/h3-6,13-16,20,25H,7-12,18-19H2,1H3,(H,41,42)/t20-,25-/m0/s1. The SMILES string of the molecule is [C-]#[N+]c1ccc(COc2cc(C#N)cc(N3CCN([C@@H](C)c4nc5ccc(C(=O)O)cc5n4C[C@@H]4CCO4)CC3)n2)c(F)c1. The lowest BCUT2D eigenvalue weighted by atomic mass is 10.1. The minimum Gasteiger partial charge on any atom is -0.478 e. The summed E-state index contributed by atoms with van der Waals surface area (Å²) in [6, 6.07) is 14.6. The average Bonchev–Trinajstić information content (AvgIpc) is 3.39. The highest BCUT2D eigenvalue weighted by Crippen LogP contribution is 2.30. The van der Waals surface area contributed by atoms with Gasteiger partial charge in [0.05, 0.1) is 53.5 Å². The molecule has 4 heterocycles. The van der Waals surface area contributed by atoms with Crippen LogP contribution >= 0.6 is 0 Å². The molecule has 11 nitrogen and oxygen atoms in total. The second-order valence-corrected chi connectivity index (χ2v) is 10.9. The number of aromatic carboxylic acids is 1. The fourth-order valence-corrected chi connectivity index (χ4v) is 5.59. The highest BCUT2D eigenvalue weighted by molar-refractivity contribution is 5.92. The van der Waals surface area contributed by atoms with Crippen molar-refractivity contribution in [2.75, 3.05) is 37.7 Å². The maximum Gasteiger partial charge on any atom is 0.335 e. The fraction of sp³-hybridized carbons (Fsp3) is 0.344. The molecule has 2 saturated heterocycles. The van der Waals surface area contributed by atoms with Gasteiger partial charge in [0.2, 0.25) is 5.88 Å². The number of rotatable bonds is 9. The summed E-state index contributed by atoms with van der Waals surface area (Å²) < 4.78 is 27.9. The second-order valence-electron chi connectivity index (χ2n) is 10.9. The molecule has 4 aromatic rings. The van der Waals surface area contributed by atoms with Crippen LogP contribution in [0, 0.1) is 23.7 Å². The van der Waals surface area contributed by atoms with Crippen molar-refractivity contribution in [1.29, 1.82) is 5.26 Å². The molecule has 6 rings (SSSR count). The number of nitriles is 1. The Balaban J connectivity index is 1.17. The molecule has 0 aliphatic carbocycles. The van der Waals surface area contributed by atoms with Gasteiger partial charge >= 0.3 is 5.97 Å². The number of carboxylic acids is 1. The van der Waals surface area contributed by atoms with Crippen LogP contribution in [0.1, 0.15) is 46.7 Å². The second kappa shape index (κ2) is 12.3. The molecule has 224 valence electrons. The Morgan fingerprint density at radius 1 is 1.20 bits per heavy atom. The highest BCUT2D eigenvalue weighted by Gasteiger charge is 2.29. The lowest BCUT2D eigenvalue weighted by Gasteiger charge is -2.38. The zero-order chi connectivity index (χ0) is 30.8. The first-order valence-corrected chi connectivity index (χ1v) is 14.4. The number of fused-ring (bicyclic) bond motifs is 1. The average molecular weight is 596 g/mol. The van der Waals surface area contributed by atoms with Crippen LogP contribution < -0.4 is 9.64 Å². The van der Waals surface area contributed by atoms with Crippen LogP contribution in [-0.2, 0) is 17.9 Å². The Morgan fingerprint density at radius 2 is 2.00 bits per heavy atom. The van der Waals surface area contributed by atoms with Crippen molar-refractivity contribution in [2.45, 2.75) is 38.6 Å². The first-order valence-electron chi connectivity index (χ1n) is 14.4. The Labute approximate surface area is 253 Å². The Hall–Kier alpha value is -5.04. The minimum absolute atomic E-state index is 0.0423. The molecule has 44 heavy (non-hydrogen) atoms. The number of hydrogen-bond acceptors (Lipinski definition) is 8. The number of aromatic nitrogens is 3. The molecule has 2 aliphatic rings. The van der Waals surface area contributed by atoms with Crippen molar-refractivity contribution in [3.05, 3.63) is 88.3 Å². The third-order valence-electron chi connectivity index (χ3n) is 8.22. The summed E-state index contributed by atoms with van der Waals surface area (Å²) in [5.74, 6) is 0.178. The van der Waals surface area contributed by atoms with Crippen LogP contribution in [0.4, 0.5) is 15.9 Å². The first kappa shape index (κ1) is 29.1. The maximum atomic E-state index is 14.4. The van der Waals surface area contributed by atoms with Crippen molar-refractivity contribution in [1.82, 2.24) is 19.4 Å². The van der Waals surface area contributed by atoms with E-state index in [2.05, 4.69) is 37.2 Å². The number of ether oxygens (including phenoxy) is 2. The third-order valence-corrected chi connectivity index (χ3v) is 8.22. The van der Waals surface area contributed by atoms with Gasteiger partial charge in [-0.15, -0.1) is 0 Å². The minimum atomic E-state index is -0.977. The summed E-state index contributed by atoms with van der Waals surface area (Å²) in [6.07, 6.45) is 1.03. The van der Waals surface area contributed by atoms with Crippen LogP contribution in [-0.4, -0.2) is 69.4 Å². The first-order chi connectivity index (χ1) is 21.3. The van der Waals surface area contributed by atoms with Crippen LogP contribution in [0.5, 0.6) is 5.88 Å². The lowest BCUT2D eigenvalue weighted by molar-refractivity contribution is -0.0594. The van der Waals surface area contributed by atoms with Gasteiger partial charge in [-0.2, -0.15) is 10.2 Å². The van der Waals surface area contributed by atoms with E-state index >= 15 is 0 Å². The maximum absolute atomic E-state index is 14.4. The molecule has 0 radical (unpaired) electrons. The fourth-order valence-electron chi connectivity index (χ4n) is 5.59. The van der Waals surface area contributed by atoms with Gasteiger partial charge in [0.25, 0.3) is 0 Å². The summed E-state index contributed by atoms with van der Waals surface area (Å²) in [5, 5.41) is 19.2. The largest absolute Gasteiger partial charge is 0.478 e. The molecule has 2 aliphatic heterocycles. The van der Waals surface area contributed by atoms with Crippen molar-refractivity contribution in [3.63, 3.8) is 0 Å². The number of hydrogen-bond donors (Lipinski definition) is 1. The molecule has 0 bridgehead atoms. The van der Waals surface area contributed by atoms with E-state index in [9.17, 15) is 19.6 Å². The molecule has 2 aromatic heterocycles. The van der Waals surface area contributed by atoms with E-state index in [4.69, 9.17) is 21.0 Å². The molecule has 0 spiro atoms. The summed E-state index contributed by atoms with van der Waals surface area (Å²) in [6.45, 7) is 13.1. The molecule has 12 heteroatoms. The Bertz CT molecular complexity index is 1800. The molecular formula is C32H30FN7O4. The molecule has 0 unspecified atom stereocenters. The van der Waals surface area contributed by atoms with Gasteiger partial charge in [-0.05, 0) is 43.7 Å². The predicted octanol–water partition coefficient (Wildman–Crippen LogP) is 4.94. The third kappa shape index (κ3) is 5.91. The van der Waals surface area contributed by atoms with E-state index in [1.165, 1.54) is 24.3 Å². The summed E-state index contributed by atoms with van der Waals surface area (Å²) in [4.78, 5) is 28.8. The highest BCUT2D eigenvalue weighted by atomic mass is 19.1. The van der Waals surface area contributed by atoms with Gasteiger partial charge in [0.15, 0.2) is 5.69 Å². The number of carboxylic acid groups (broad SMARTS) is 1. The number of carbonyl (C=O) groups is 1. The molecule has 0 saturated carbocycles. The monoisotopic (exact) mass is 595 g/mol. The smallest absolute Gasteiger partial charge is 0.335 e. The van der Waals surface area contributed by atoms with Crippen molar-refractivity contribution >= 4 is 28.5 Å². The number of pyridine rings is 1. The van der Waals surface area contributed by atoms with E-state index in [0.29, 0.717) is 49.7 Å². The van der Waals surface area contributed by atoms with Crippen molar-refractivity contribution < 1.29 is 23.8 Å². The van der Waals surface area contributed by atoms with Crippen LogP contribution in [0.2, 0.25) is 0 Å².